The molecule has 0 spiro atoms. The first-order valence-corrected chi connectivity index (χ1v) is 4.85. The van der Waals surface area contributed by atoms with Crippen molar-refractivity contribution in [3.8, 4) is 5.69 Å². The van der Waals surface area contributed by atoms with Gasteiger partial charge in [0.1, 0.15) is 0 Å². The predicted molar refractivity (Wildman–Crippen MR) is 56.7 cm³/mol. The molecule has 14 heavy (non-hydrogen) atoms. The van der Waals surface area contributed by atoms with E-state index in [2.05, 4.69) is 17.7 Å². The highest BCUT2D eigenvalue weighted by Crippen LogP contribution is 2.04. The minimum atomic E-state index is 0.714. The molecule has 0 aliphatic carbocycles. The molecule has 2 aromatic rings. The van der Waals surface area contributed by atoms with Crippen LogP contribution in [0.15, 0.2) is 35.5 Å². The smallest absolute Gasteiger partial charge is 0.208 e. The second kappa shape index (κ2) is 3.46. The molecule has 72 valence electrons. The van der Waals surface area contributed by atoms with E-state index in [1.165, 1.54) is 0 Å². The molecule has 0 saturated carbocycles. The van der Waals surface area contributed by atoms with Crippen LogP contribution in [-0.4, -0.2) is 9.67 Å². The van der Waals surface area contributed by atoms with Crippen LogP contribution >= 0.6 is 12.6 Å². The largest absolute Gasteiger partial charge is 0.292 e. The van der Waals surface area contributed by atoms with Gasteiger partial charge in [0.05, 0.1) is 7.05 Å². The standard InChI is InChI=1S/C10H11N3S/c1-8-12(2)10(14)11-13(8)9-6-4-3-5-7-9/h3-7H,1-2H3/p+1. The number of hydrogen-bond donors (Lipinski definition) is 1. The van der Waals surface area contributed by atoms with Crippen molar-refractivity contribution < 1.29 is 4.68 Å². The zero-order valence-electron chi connectivity index (χ0n) is 8.18. The van der Waals surface area contributed by atoms with Crippen molar-refractivity contribution in [1.82, 2.24) is 9.67 Å². The van der Waals surface area contributed by atoms with Crippen molar-refractivity contribution in [2.45, 2.75) is 12.1 Å². The van der Waals surface area contributed by atoms with Gasteiger partial charge in [0, 0.05) is 6.92 Å². The van der Waals surface area contributed by atoms with Gasteiger partial charge in [-0.05, 0) is 17.2 Å². The molecule has 3 nitrogen and oxygen atoms in total. The Morgan fingerprint density at radius 3 is 2.43 bits per heavy atom. The summed E-state index contributed by atoms with van der Waals surface area (Å²) in [6.07, 6.45) is 0. The van der Waals surface area contributed by atoms with E-state index < -0.39 is 0 Å². The van der Waals surface area contributed by atoms with Crippen LogP contribution in [0.1, 0.15) is 5.82 Å². The highest BCUT2D eigenvalue weighted by Gasteiger charge is 2.17. The molecule has 0 fully saturated rings. The molecular formula is C10H12N3S+. The van der Waals surface area contributed by atoms with Gasteiger partial charge in [0.15, 0.2) is 5.69 Å². The monoisotopic (exact) mass is 206 g/mol. The SMILES string of the molecule is Cc1n(C)c(S)n[n+]1-c1ccccc1. The molecule has 0 bridgehead atoms. The normalized spacial score (nSPS) is 10.5. The molecule has 0 radical (unpaired) electrons. The van der Waals surface area contributed by atoms with E-state index >= 15 is 0 Å². The number of nitrogens with zero attached hydrogens (tertiary/aromatic N) is 3. The molecule has 0 saturated heterocycles. The van der Waals surface area contributed by atoms with Crippen LogP contribution in [0, 0.1) is 6.92 Å². The number of para-hydroxylation sites is 1. The fourth-order valence-corrected chi connectivity index (χ4v) is 1.56. The molecule has 4 heteroatoms. The minimum Gasteiger partial charge on any atom is -0.208 e. The molecule has 0 aliphatic heterocycles. The van der Waals surface area contributed by atoms with Crippen molar-refractivity contribution in [2.75, 3.05) is 0 Å². The van der Waals surface area contributed by atoms with Crippen molar-refractivity contribution in [1.29, 1.82) is 0 Å². The second-order valence-corrected chi connectivity index (χ2v) is 3.55. The third-order valence-corrected chi connectivity index (χ3v) is 2.67. The first kappa shape index (κ1) is 9.27. The molecule has 2 rings (SSSR count). The van der Waals surface area contributed by atoms with Crippen molar-refractivity contribution in [3.63, 3.8) is 0 Å². The summed E-state index contributed by atoms with van der Waals surface area (Å²) < 4.78 is 3.82. The lowest BCUT2D eigenvalue weighted by molar-refractivity contribution is -0.665. The van der Waals surface area contributed by atoms with Crippen LogP contribution in [0.4, 0.5) is 0 Å². The van der Waals surface area contributed by atoms with E-state index in [1.807, 2.05) is 53.6 Å². The molecule has 0 amide bonds. The first-order chi connectivity index (χ1) is 6.70. The molecule has 1 aromatic heterocycles. The van der Waals surface area contributed by atoms with Gasteiger partial charge in [-0.3, -0.25) is 0 Å². The number of benzene rings is 1. The Balaban J connectivity index is 2.58. The average Bonchev–Trinajstić information content (AvgIpc) is 2.47. The highest BCUT2D eigenvalue weighted by atomic mass is 32.1. The van der Waals surface area contributed by atoms with Gasteiger partial charge in [-0.1, -0.05) is 35.5 Å². The molecule has 0 unspecified atom stereocenters. The van der Waals surface area contributed by atoms with Gasteiger partial charge in [-0.25, -0.2) is 4.57 Å². The van der Waals surface area contributed by atoms with Gasteiger partial charge in [0.25, 0.3) is 11.0 Å². The first-order valence-electron chi connectivity index (χ1n) is 4.40. The maximum atomic E-state index is 4.32. The van der Waals surface area contributed by atoms with Gasteiger partial charge >= 0.3 is 0 Å². The average molecular weight is 206 g/mol. The van der Waals surface area contributed by atoms with Crippen LogP contribution in [0.25, 0.3) is 5.69 Å². The van der Waals surface area contributed by atoms with Gasteiger partial charge < -0.3 is 0 Å². The molecule has 0 atom stereocenters. The molecule has 1 heterocycles. The van der Waals surface area contributed by atoms with Crippen LogP contribution < -0.4 is 4.68 Å². The molecule has 1 aromatic carbocycles. The molecular weight excluding hydrogens is 194 g/mol. The zero-order valence-corrected chi connectivity index (χ0v) is 9.07. The summed E-state index contributed by atoms with van der Waals surface area (Å²) in [7, 11) is 1.95. The number of aromatic nitrogens is 3. The van der Waals surface area contributed by atoms with E-state index in [0.29, 0.717) is 5.16 Å². The van der Waals surface area contributed by atoms with Crippen molar-refractivity contribution in [2.24, 2.45) is 7.05 Å². The predicted octanol–water partition coefficient (Wildman–Crippen LogP) is 1.29. The van der Waals surface area contributed by atoms with E-state index in [9.17, 15) is 0 Å². The van der Waals surface area contributed by atoms with E-state index in [4.69, 9.17) is 0 Å². The van der Waals surface area contributed by atoms with E-state index in [1.54, 1.807) is 0 Å². The molecule has 0 N–H and O–H groups in total. The van der Waals surface area contributed by atoms with Gasteiger partial charge in [0.2, 0.25) is 0 Å². The van der Waals surface area contributed by atoms with Crippen LogP contribution in [0.5, 0.6) is 0 Å². The van der Waals surface area contributed by atoms with Crippen LogP contribution in [0.2, 0.25) is 0 Å². The quantitative estimate of drug-likeness (QED) is 0.551. The lowest BCUT2D eigenvalue weighted by Crippen LogP contribution is -2.35. The Labute approximate surface area is 88.4 Å². The van der Waals surface area contributed by atoms with E-state index in [0.717, 1.165) is 11.5 Å². The highest BCUT2D eigenvalue weighted by molar-refractivity contribution is 7.80. The summed E-state index contributed by atoms with van der Waals surface area (Å²) in [5.41, 5.74) is 1.06. The number of hydrogen-bond acceptors (Lipinski definition) is 2. The maximum Gasteiger partial charge on any atom is 0.292 e. The Bertz CT molecular complexity index is 448. The number of rotatable bonds is 1. The lowest BCUT2D eigenvalue weighted by Gasteiger charge is -1.93. The Morgan fingerprint density at radius 2 is 1.93 bits per heavy atom. The van der Waals surface area contributed by atoms with Gasteiger partial charge in [-0.15, -0.1) is 0 Å². The third-order valence-electron chi connectivity index (χ3n) is 2.28. The summed E-state index contributed by atoms with van der Waals surface area (Å²) in [6, 6.07) is 10.0. The summed E-state index contributed by atoms with van der Waals surface area (Å²) in [6.45, 7) is 2.01. The summed E-state index contributed by atoms with van der Waals surface area (Å²) >= 11 is 4.27. The third kappa shape index (κ3) is 1.42. The minimum absolute atomic E-state index is 0.714. The Kier molecular flexibility index (Phi) is 2.29. The van der Waals surface area contributed by atoms with Gasteiger partial charge in [-0.2, -0.15) is 0 Å². The van der Waals surface area contributed by atoms with Crippen LogP contribution in [0.3, 0.4) is 0 Å². The molecule has 0 aliphatic rings. The number of thiol groups is 1. The fraction of sp³-hybridized carbons (Fsp3) is 0.200. The summed E-state index contributed by atoms with van der Waals surface area (Å²) in [5, 5.41) is 5.04. The second-order valence-electron chi connectivity index (χ2n) is 3.15. The summed E-state index contributed by atoms with van der Waals surface area (Å²) in [5.74, 6) is 1.06. The lowest BCUT2D eigenvalue weighted by atomic mass is 10.3. The Hall–Kier alpha value is -1.29. The maximum absolute atomic E-state index is 4.32. The Morgan fingerprint density at radius 1 is 1.29 bits per heavy atom. The van der Waals surface area contributed by atoms with E-state index in [-0.39, 0.29) is 0 Å². The summed E-state index contributed by atoms with van der Waals surface area (Å²) in [4.78, 5) is 0. The van der Waals surface area contributed by atoms with Crippen molar-refractivity contribution in [3.05, 3.63) is 36.2 Å². The zero-order chi connectivity index (χ0) is 10.1. The van der Waals surface area contributed by atoms with Crippen LogP contribution in [-0.2, 0) is 7.05 Å². The van der Waals surface area contributed by atoms with Crippen molar-refractivity contribution >= 4 is 12.6 Å². The fourth-order valence-electron chi connectivity index (χ4n) is 1.33. The topological polar surface area (TPSA) is 21.7 Å².